The summed E-state index contributed by atoms with van der Waals surface area (Å²) in [5.74, 6) is -0.825. The van der Waals surface area contributed by atoms with E-state index in [0.29, 0.717) is 25.9 Å². The van der Waals surface area contributed by atoms with Crippen molar-refractivity contribution in [1.82, 2.24) is 9.03 Å². The Bertz CT molecular complexity index is 459. The number of nitrogens with zero attached hydrogens (tertiary/aromatic N) is 1. The largest absolute Gasteiger partial charge is 0.480 e. The van der Waals surface area contributed by atoms with Gasteiger partial charge in [0.2, 0.25) is 0 Å². The Morgan fingerprint density at radius 1 is 1.25 bits per heavy atom. The molecule has 116 valence electrons. The topological polar surface area (TPSA) is 86.7 Å². The van der Waals surface area contributed by atoms with E-state index in [4.69, 9.17) is 0 Å². The Balaban J connectivity index is 2.16. The predicted molar refractivity (Wildman–Crippen MR) is 75.5 cm³/mol. The molecule has 2 rings (SSSR count). The van der Waals surface area contributed by atoms with Gasteiger partial charge in [-0.1, -0.05) is 26.2 Å². The van der Waals surface area contributed by atoms with E-state index in [2.05, 4.69) is 4.72 Å². The zero-order chi connectivity index (χ0) is 14.8. The summed E-state index contributed by atoms with van der Waals surface area (Å²) in [6.07, 6.45) is 5.17. The van der Waals surface area contributed by atoms with E-state index in [-0.39, 0.29) is 5.92 Å². The maximum Gasteiger partial charge on any atom is 0.324 e. The van der Waals surface area contributed by atoms with Crippen LogP contribution in [-0.4, -0.2) is 42.4 Å². The number of carboxylic acids is 1. The molecular weight excluding hydrogens is 280 g/mol. The fraction of sp³-hybridized carbons (Fsp3) is 0.923. The highest BCUT2D eigenvalue weighted by atomic mass is 32.2. The van der Waals surface area contributed by atoms with E-state index in [9.17, 15) is 18.3 Å². The highest BCUT2D eigenvalue weighted by molar-refractivity contribution is 7.87. The van der Waals surface area contributed by atoms with Crippen LogP contribution in [-0.2, 0) is 15.0 Å². The normalized spacial score (nSPS) is 33.0. The van der Waals surface area contributed by atoms with Crippen LogP contribution >= 0.6 is 0 Å². The number of piperidine rings is 1. The molecule has 2 aliphatic rings. The summed E-state index contributed by atoms with van der Waals surface area (Å²) in [4.78, 5) is 11.6. The Morgan fingerprint density at radius 2 is 1.90 bits per heavy atom. The van der Waals surface area contributed by atoms with Crippen molar-refractivity contribution < 1.29 is 18.3 Å². The van der Waals surface area contributed by atoms with Gasteiger partial charge in [-0.05, 0) is 31.6 Å². The molecule has 7 heteroatoms. The van der Waals surface area contributed by atoms with Gasteiger partial charge >= 0.3 is 5.97 Å². The molecule has 0 aromatic carbocycles. The number of carbonyl (C=O) groups is 1. The predicted octanol–water partition coefficient (Wildman–Crippen LogP) is 1.34. The van der Waals surface area contributed by atoms with Crippen molar-refractivity contribution >= 4 is 16.2 Å². The second-order valence-electron chi connectivity index (χ2n) is 6.16. The lowest BCUT2D eigenvalue weighted by Crippen LogP contribution is -2.60. The summed E-state index contributed by atoms with van der Waals surface area (Å²) in [7, 11) is -3.71. The molecule has 1 aliphatic heterocycles. The molecule has 0 radical (unpaired) electrons. The van der Waals surface area contributed by atoms with Crippen LogP contribution in [0.15, 0.2) is 0 Å². The van der Waals surface area contributed by atoms with Crippen molar-refractivity contribution in [1.29, 1.82) is 0 Å². The van der Waals surface area contributed by atoms with E-state index >= 15 is 0 Å². The van der Waals surface area contributed by atoms with Crippen molar-refractivity contribution in [2.75, 3.05) is 13.1 Å². The Kier molecular flexibility index (Phi) is 4.71. The van der Waals surface area contributed by atoms with Crippen LogP contribution in [0.4, 0.5) is 0 Å². The summed E-state index contributed by atoms with van der Waals surface area (Å²) in [6, 6.07) is 0. The lowest BCUT2D eigenvalue weighted by molar-refractivity contribution is -0.146. The van der Waals surface area contributed by atoms with Crippen molar-refractivity contribution in [3.8, 4) is 0 Å². The van der Waals surface area contributed by atoms with Gasteiger partial charge in [0.15, 0.2) is 0 Å². The molecular formula is C13H24N2O4S. The zero-order valence-electron chi connectivity index (χ0n) is 12.0. The summed E-state index contributed by atoms with van der Waals surface area (Å²) in [5, 5.41) is 9.52. The summed E-state index contributed by atoms with van der Waals surface area (Å²) >= 11 is 0. The average Bonchev–Trinajstić information content (AvgIpc) is 2.39. The van der Waals surface area contributed by atoms with Gasteiger partial charge in [-0.15, -0.1) is 0 Å². The van der Waals surface area contributed by atoms with Crippen LogP contribution in [0.3, 0.4) is 0 Å². The smallest absolute Gasteiger partial charge is 0.324 e. The lowest BCUT2D eigenvalue weighted by Gasteiger charge is -2.38. The van der Waals surface area contributed by atoms with Crippen molar-refractivity contribution in [3.63, 3.8) is 0 Å². The van der Waals surface area contributed by atoms with Gasteiger partial charge in [0.1, 0.15) is 5.54 Å². The molecule has 2 N–H and O–H groups in total. The molecule has 0 aromatic heterocycles. The number of hydrogen-bond donors (Lipinski definition) is 2. The highest BCUT2D eigenvalue weighted by Crippen LogP contribution is 2.33. The fourth-order valence-corrected chi connectivity index (χ4v) is 4.93. The van der Waals surface area contributed by atoms with E-state index in [1.165, 1.54) is 4.31 Å². The maximum atomic E-state index is 12.4. The first kappa shape index (κ1) is 15.7. The molecule has 0 aromatic rings. The first-order valence-corrected chi connectivity index (χ1v) is 8.82. The maximum absolute atomic E-state index is 12.4. The third-order valence-electron chi connectivity index (χ3n) is 4.39. The third-order valence-corrected chi connectivity index (χ3v) is 6.08. The molecule has 0 amide bonds. The molecule has 2 atom stereocenters. The first-order chi connectivity index (χ1) is 9.36. The van der Waals surface area contributed by atoms with Gasteiger partial charge in [-0.2, -0.15) is 17.4 Å². The number of nitrogens with one attached hydrogen (secondary N) is 1. The molecule has 1 heterocycles. The Labute approximate surface area is 120 Å². The SMILES string of the molecule is CC1CCCC(NS(=O)(=O)N2CCCCC2)(C(=O)O)C1. The van der Waals surface area contributed by atoms with Gasteiger partial charge in [0, 0.05) is 13.1 Å². The Morgan fingerprint density at radius 3 is 2.45 bits per heavy atom. The van der Waals surface area contributed by atoms with Gasteiger partial charge in [-0.3, -0.25) is 4.79 Å². The fourth-order valence-electron chi connectivity index (χ4n) is 3.30. The van der Waals surface area contributed by atoms with E-state index in [1.807, 2.05) is 6.92 Å². The molecule has 2 fully saturated rings. The van der Waals surface area contributed by atoms with Gasteiger partial charge in [0.25, 0.3) is 10.2 Å². The minimum Gasteiger partial charge on any atom is -0.480 e. The monoisotopic (exact) mass is 304 g/mol. The quantitative estimate of drug-likeness (QED) is 0.820. The zero-order valence-corrected chi connectivity index (χ0v) is 12.8. The number of aliphatic carboxylic acids is 1. The van der Waals surface area contributed by atoms with Gasteiger partial charge < -0.3 is 5.11 Å². The summed E-state index contributed by atoms with van der Waals surface area (Å²) in [6.45, 7) is 2.95. The van der Waals surface area contributed by atoms with Crippen LogP contribution in [0.5, 0.6) is 0 Å². The van der Waals surface area contributed by atoms with Gasteiger partial charge in [-0.25, -0.2) is 0 Å². The molecule has 1 saturated carbocycles. The van der Waals surface area contributed by atoms with Crippen LogP contribution in [0.1, 0.15) is 51.9 Å². The summed E-state index contributed by atoms with van der Waals surface area (Å²) in [5.41, 5.74) is -1.33. The summed E-state index contributed by atoms with van der Waals surface area (Å²) < 4.78 is 28.7. The minimum atomic E-state index is -3.71. The molecule has 0 bridgehead atoms. The Hall–Kier alpha value is -0.660. The number of carboxylic acid groups (broad SMARTS) is 1. The van der Waals surface area contributed by atoms with Gasteiger partial charge in [0.05, 0.1) is 0 Å². The number of rotatable bonds is 4. The molecule has 1 aliphatic carbocycles. The van der Waals surface area contributed by atoms with Crippen molar-refractivity contribution in [2.24, 2.45) is 5.92 Å². The molecule has 0 spiro atoms. The van der Waals surface area contributed by atoms with Crippen molar-refractivity contribution in [2.45, 2.75) is 57.4 Å². The lowest BCUT2D eigenvalue weighted by atomic mass is 9.77. The van der Waals surface area contributed by atoms with Crippen LogP contribution in [0, 0.1) is 5.92 Å². The standard InChI is InChI=1S/C13H24N2O4S/c1-11-6-5-7-13(10-11,12(16)17)14-20(18,19)15-8-3-2-4-9-15/h11,14H,2-10H2,1H3,(H,16,17). The third kappa shape index (κ3) is 3.32. The van der Waals surface area contributed by atoms with Crippen LogP contribution in [0.2, 0.25) is 0 Å². The molecule has 20 heavy (non-hydrogen) atoms. The van der Waals surface area contributed by atoms with E-state index < -0.39 is 21.7 Å². The number of hydrogen-bond acceptors (Lipinski definition) is 3. The van der Waals surface area contributed by atoms with E-state index in [1.54, 1.807) is 0 Å². The van der Waals surface area contributed by atoms with Crippen LogP contribution < -0.4 is 4.72 Å². The second-order valence-corrected chi connectivity index (χ2v) is 7.83. The van der Waals surface area contributed by atoms with Crippen LogP contribution in [0.25, 0.3) is 0 Å². The molecule has 2 unspecified atom stereocenters. The molecule has 1 saturated heterocycles. The van der Waals surface area contributed by atoms with Crippen molar-refractivity contribution in [3.05, 3.63) is 0 Å². The average molecular weight is 304 g/mol. The molecule has 6 nitrogen and oxygen atoms in total. The first-order valence-electron chi connectivity index (χ1n) is 7.38. The second kappa shape index (κ2) is 5.99. The minimum absolute atomic E-state index is 0.226. The highest BCUT2D eigenvalue weighted by Gasteiger charge is 2.46. The van der Waals surface area contributed by atoms with E-state index in [0.717, 1.165) is 32.1 Å².